The normalized spacial score (nSPS) is 11.3. The van der Waals surface area contributed by atoms with Gasteiger partial charge in [-0.1, -0.05) is 88.1 Å². The number of phenols is 1. The topological polar surface area (TPSA) is 339 Å². The van der Waals surface area contributed by atoms with Crippen LogP contribution in [-0.4, -0.2) is 130 Å². The molecule has 3 unspecified atom stereocenters. The number of urea groups is 1. The van der Waals surface area contributed by atoms with Crippen LogP contribution in [-0.2, 0) is 44.8 Å². The van der Waals surface area contributed by atoms with Gasteiger partial charge in [0.15, 0.2) is 0 Å². The lowest BCUT2D eigenvalue weighted by Crippen LogP contribution is -2.53. The molecule has 2 rings (SSSR count). The van der Waals surface area contributed by atoms with Crippen molar-refractivity contribution in [1.29, 1.82) is 0 Å². The summed E-state index contributed by atoms with van der Waals surface area (Å²) in [6.45, 7) is 10.5. The number of rotatable bonds is 30. The summed E-state index contributed by atoms with van der Waals surface area (Å²) in [6, 6.07) is 10.4. The second-order valence-corrected chi connectivity index (χ2v) is 15.5. The van der Waals surface area contributed by atoms with Crippen LogP contribution in [0.15, 0.2) is 48.5 Å². The smallest absolute Gasteiger partial charge is 0.326 e. The third kappa shape index (κ3) is 36.0. The number of hydrogen-bond acceptors (Lipinski definition) is 11. The van der Waals surface area contributed by atoms with E-state index in [1.807, 2.05) is 80.8 Å². The molecule has 2 aromatic rings. The average molecular weight is 976 g/mol. The van der Waals surface area contributed by atoms with E-state index in [2.05, 4.69) is 33.5 Å². The number of likely N-dealkylation sites (N-methyl/N-ethyl adjacent to an activating group) is 1. The number of carboxylic acid groups (broad SMARTS) is 4. The van der Waals surface area contributed by atoms with Crippen molar-refractivity contribution in [1.82, 2.24) is 37.2 Å². The van der Waals surface area contributed by atoms with Crippen molar-refractivity contribution in [3.8, 4) is 5.75 Å². The van der Waals surface area contributed by atoms with E-state index in [4.69, 9.17) is 20.4 Å². The van der Waals surface area contributed by atoms with Crippen molar-refractivity contribution >= 4 is 53.5 Å². The Hall–Kier alpha value is -6.77. The fourth-order valence-electron chi connectivity index (χ4n) is 5.90. The van der Waals surface area contributed by atoms with Gasteiger partial charge in [-0.25, -0.2) is 14.4 Å². The molecule has 3 atom stereocenters. The molecule has 12 N–H and O–H groups in total. The van der Waals surface area contributed by atoms with Crippen molar-refractivity contribution in [3.63, 3.8) is 0 Å². The highest BCUT2D eigenvalue weighted by molar-refractivity contribution is 5.91. The highest BCUT2D eigenvalue weighted by Crippen LogP contribution is 2.15. The lowest BCUT2D eigenvalue weighted by atomic mass is 10.0. The van der Waals surface area contributed by atoms with Gasteiger partial charge in [-0.05, 0) is 83.0 Å². The van der Waals surface area contributed by atoms with E-state index < -0.39 is 66.9 Å². The highest BCUT2D eigenvalue weighted by atomic mass is 16.4. The van der Waals surface area contributed by atoms with E-state index in [1.165, 1.54) is 5.56 Å². The zero-order valence-corrected chi connectivity index (χ0v) is 41.0. The van der Waals surface area contributed by atoms with Gasteiger partial charge in [0.2, 0.25) is 23.6 Å². The lowest BCUT2D eigenvalue weighted by Gasteiger charge is -2.22. The van der Waals surface area contributed by atoms with E-state index in [0.29, 0.717) is 38.0 Å². The fourth-order valence-corrected chi connectivity index (χ4v) is 5.90. The Morgan fingerprint density at radius 1 is 0.565 bits per heavy atom. The van der Waals surface area contributed by atoms with Crippen LogP contribution in [0.3, 0.4) is 0 Å². The summed E-state index contributed by atoms with van der Waals surface area (Å²) in [5.74, 6) is -5.53. The van der Waals surface area contributed by atoms with E-state index >= 15 is 0 Å². The van der Waals surface area contributed by atoms with Crippen molar-refractivity contribution in [2.75, 3.05) is 33.2 Å². The molecule has 69 heavy (non-hydrogen) atoms. The van der Waals surface area contributed by atoms with Crippen LogP contribution in [0.1, 0.15) is 121 Å². The van der Waals surface area contributed by atoms with E-state index in [9.17, 15) is 48.3 Å². The first kappa shape index (κ1) is 64.3. The molecule has 0 spiro atoms. The van der Waals surface area contributed by atoms with Gasteiger partial charge in [-0.2, -0.15) is 0 Å². The molecule has 0 aliphatic heterocycles. The largest absolute Gasteiger partial charge is 0.508 e. The van der Waals surface area contributed by atoms with Crippen LogP contribution >= 0.6 is 0 Å². The first-order chi connectivity index (χ1) is 32.8. The fraction of sp³-hybridized carbons (Fsp3) is 0.562. The number of benzene rings is 2. The van der Waals surface area contributed by atoms with Crippen molar-refractivity contribution < 1.29 is 68.7 Å². The highest BCUT2D eigenvalue weighted by Gasteiger charge is 2.27. The molecule has 2 aromatic carbocycles. The predicted octanol–water partition coefficient (Wildman–Crippen LogP) is 3.77. The standard InChI is InChI=1S/C30H49N5O6.C8H12N2O7.C8H10O.C2H6/c1-3-4-19-32-26(36)17-10-5-6-11-18-27(37)33-20-13-12-16-24(30(40)41)35-29(39)25(34-28(38)22-31-2)21-23-14-8-7-9-15-23;11-5(12)2-1-4(7(15)16)10-8(17)9-3-6(13)14;1-6-3-4-8(9)7(2)5-6;1-2/h7-9,14-15,24-25,31H,3-6,10-13,16-22H2,1-2H3,(H,32,36)(H,33,37)(H,34,38)(H,35,39)(H,40,41);4H,1-3H2,(H,11,12)(H,13,14)(H,15,16)(H2,9,10,17);3-5,9H,1-2H3;1-2H3. The molecular weight excluding hydrogens is 899 g/mol. The molecule has 0 fully saturated rings. The van der Waals surface area contributed by atoms with Crippen LogP contribution < -0.4 is 37.2 Å². The van der Waals surface area contributed by atoms with Gasteiger partial charge in [0.25, 0.3) is 0 Å². The Labute approximate surface area is 405 Å². The zero-order chi connectivity index (χ0) is 52.6. The predicted molar refractivity (Wildman–Crippen MR) is 259 cm³/mol. The number of aryl methyl sites for hydroxylation is 2. The number of amides is 6. The van der Waals surface area contributed by atoms with Crippen molar-refractivity contribution in [3.05, 3.63) is 65.2 Å². The van der Waals surface area contributed by atoms with Gasteiger partial charge in [0.1, 0.15) is 30.4 Å². The van der Waals surface area contributed by atoms with E-state index in [0.717, 1.165) is 56.2 Å². The molecule has 0 aromatic heterocycles. The maximum atomic E-state index is 12.9. The Morgan fingerprint density at radius 3 is 1.62 bits per heavy atom. The second-order valence-electron chi connectivity index (χ2n) is 15.5. The van der Waals surface area contributed by atoms with Crippen molar-refractivity contribution in [2.24, 2.45) is 0 Å². The Morgan fingerprint density at radius 2 is 1.13 bits per heavy atom. The number of hydrogen-bond donors (Lipinski definition) is 12. The number of carbonyl (C=O) groups is 9. The van der Waals surface area contributed by atoms with Crippen LogP contribution in [0, 0.1) is 13.8 Å². The maximum Gasteiger partial charge on any atom is 0.326 e. The Kier molecular flexibility index (Phi) is 37.6. The van der Waals surface area contributed by atoms with Crippen LogP contribution in [0.5, 0.6) is 5.75 Å². The summed E-state index contributed by atoms with van der Waals surface area (Å²) in [4.78, 5) is 103. The zero-order valence-electron chi connectivity index (χ0n) is 41.0. The minimum Gasteiger partial charge on any atom is -0.508 e. The van der Waals surface area contributed by atoms with Gasteiger partial charge >= 0.3 is 29.9 Å². The molecular formula is C48H77N7O14. The third-order valence-electron chi connectivity index (χ3n) is 9.54. The molecule has 0 saturated heterocycles. The first-order valence-corrected chi connectivity index (χ1v) is 23.3. The van der Waals surface area contributed by atoms with Gasteiger partial charge < -0.3 is 62.8 Å². The monoisotopic (exact) mass is 976 g/mol. The molecule has 0 aliphatic carbocycles. The lowest BCUT2D eigenvalue weighted by molar-refractivity contribution is -0.142. The van der Waals surface area contributed by atoms with Crippen LogP contribution in [0.25, 0.3) is 0 Å². The summed E-state index contributed by atoms with van der Waals surface area (Å²) >= 11 is 0. The molecule has 0 saturated carbocycles. The summed E-state index contributed by atoms with van der Waals surface area (Å²) < 4.78 is 0. The van der Waals surface area contributed by atoms with Gasteiger partial charge in [0.05, 0.1) is 6.54 Å². The number of aromatic hydroxyl groups is 1. The summed E-state index contributed by atoms with van der Waals surface area (Å²) in [5.41, 5.74) is 2.96. The number of carbonyl (C=O) groups excluding carboxylic acids is 5. The Bertz CT molecular complexity index is 1850. The molecule has 6 amide bonds. The quantitative estimate of drug-likeness (QED) is 0.0496. The van der Waals surface area contributed by atoms with Crippen LogP contribution in [0.4, 0.5) is 4.79 Å². The number of unbranched alkanes of at least 4 members (excludes halogenated alkanes) is 5. The first-order valence-electron chi connectivity index (χ1n) is 23.3. The summed E-state index contributed by atoms with van der Waals surface area (Å²) in [6.07, 6.45) is 7.13. The minimum atomic E-state index is -1.39. The number of nitrogens with one attached hydrogen (secondary N) is 7. The summed E-state index contributed by atoms with van der Waals surface area (Å²) in [7, 11) is 1.62. The molecule has 0 radical (unpaired) electrons. The van der Waals surface area contributed by atoms with E-state index in [-0.39, 0.29) is 43.5 Å². The van der Waals surface area contributed by atoms with Crippen LogP contribution in [0.2, 0.25) is 0 Å². The molecule has 21 nitrogen and oxygen atoms in total. The number of phenolic OH excluding ortho intramolecular Hbond substituents is 1. The van der Waals surface area contributed by atoms with Gasteiger partial charge in [-0.15, -0.1) is 0 Å². The third-order valence-corrected chi connectivity index (χ3v) is 9.54. The number of carboxylic acids is 4. The maximum absolute atomic E-state index is 12.9. The Balaban J connectivity index is 0. The minimum absolute atomic E-state index is 0.0323. The van der Waals surface area contributed by atoms with Gasteiger partial charge in [0, 0.05) is 38.8 Å². The number of aliphatic carboxylic acids is 4. The second kappa shape index (κ2) is 40.3. The molecule has 388 valence electrons. The molecule has 21 heteroatoms. The molecule has 0 aliphatic rings. The SMILES string of the molecule is CC.CCCCNC(=O)CCCCCCC(=O)NCCCCC(NC(=O)C(Cc1ccccc1)NC(=O)CNC)C(=O)O.Cc1ccc(O)c(C)c1.O=C(O)CCC(NC(=O)NCC(=O)O)C(=O)O. The molecule has 0 heterocycles. The summed E-state index contributed by atoms with van der Waals surface area (Å²) in [5, 5.41) is 61.5. The van der Waals surface area contributed by atoms with Gasteiger partial charge in [-0.3, -0.25) is 28.8 Å². The van der Waals surface area contributed by atoms with E-state index in [1.54, 1.807) is 13.1 Å². The molecule has 0 bridgehead atoms. The van der Waals surface area contributed by atoms with Crippen molar-refractivity contribution in [2.45, 2.75) is 143 Å². The average Bonchev–Trinajstić information content (AvgIpc) is 3.30.